The van der Waals surface area contributed by atoms with Gasteiger partial charge in [0.25, 0.3) is 0 Å². The Balaban J connectivity index is 3.07. The number of hydrogen-bond donors (Lipinski definition) is 1. The second kappa shape index (κ2) is 7.94. The number of hydrogen-bond acceptors (Lipinski definition) is 4. The third kappa shape index (κ3) is 5.90. The zero-order valence-corrected chi connectivity index (χ0v) is 17.1. The van der Waals surface area contributed by atoms with Gasteiger partial charge in [0, 0.05) is 26.2 Å². The molecule has 1 N–H and O–H groups in total. The smallest absolute Gasteiger partial charge is 0.331 e. The molecular formula is C21H31NO4. The highest BCUT2D eigenvalue weighted by Gasteiger charge is 2.26. The van der Waals surface area contributed by atoms with Crippen LogP contribution in [0.4, 0.5) is 0 Å². The van der Waals surface area contributed by atoms with Gasteiger partial charge >= 0.3 is 5.97 Å². The van der Waals surface area contributed by atoms with Crippen LogP contribution in [0.3, 0.4) is 0 Å². The van der Waals surface area contributed by atoms with Crippen molar-refractivity contribution in [1.82, 2.24) is 4.90 Å². The Morgan fingerprint density at radius 1 is 1.00 bits per heavy atom. The van der Waals surface area contributed by atoms with Crippen LogP contribution in [0.15, 0.2) is 24.3 Å². The number of phenols is 1. The molecule has 0 heterocycles. The summed E-state index contributed by atoms with van der Waals surface area (Å²) in [6, 6.07) is 3.74. The number of likely N-dealkylation sites (N-methyl/N-ethyl adjacent to an activating group) is 1. The lowest BCUT2D eigenvalue weighted by molar-refractivity contribution is -0.139. The third-order valence-electron chi connectivity index (χ3n) is 3.97. The molecule has 0 aromatic heterocycles. The summed E-state index contributed by atoms with van der Waals surface area (Å²) in [5.74, 6) is -0.573. The fourth-order valence-electron chi connectivity index (χ4n) is 2.41. The summed E-state index contributed by atoms with van der Waals surface area (Å²) in [7, 11) is 3.22. The first-order valence-electron chi connectivity index (χ1n) is 8.66. The van der Waals surface area contributed by atoms with E-state index in [1.54, 1.807) is 14.1 Å². The van der Waals surface area contributed by atoms with Gasteiger partial charge in [-0.15, -0.1) is 0 Å². The predicted octanol–water partition coefficient (Wildman–Crippen LogP) is 3.67. The van der Waals surface area contributed by atoms with Crippen molar-refractivity contribution >= 4 is 11.9 Å². The fourth-order valence-corrected chi connectivity index (χ4v) is 2.41. The Bertz CT molecular complexity index is 669. The van der Waals surface area contributed by atoms with Crippen LogP contribution < -0.4 is 0 Å². The molecule has 144 valence electrons. The monoisotopic (exact) mass is 361 g/mol. The van der Waals surface area contributed by atoms with Crippen LogP contribution in [0, 0.1) is 0 Å². The number of esters is 1. The topological polar surface area (TPSA) is 66.8 Å². The molecule has 0 saturated carbocycles. The van der Waals surface area contributed by atoms with E-state index in [0.29, 0.717) is 0 Å². The number of carbonyl (C=O) groups excluding carboxylic acids is 2. The van der Waals surface area contributed by atoms with Gasteiger partial charge in [-0.2, -0.15) is 0 Å². The summed E-state index contributed by atoms with van der Waals surface area (Å²) in [5, 5.41) is 10.7. The lowest BCUT2D eigenvalue weighted by Crippen LogP contribution is -2.19. The van der Waals surface area contributed by atoms with E-state index in [-0.39, 0.29) is 29.1 Å². The van der Waals surface area contributed by atoms with Crippen LogP contribution in [0.25, 0.3) is 0 Å². The Kier molecular flexibility index (Phi) is 6.64. The largest absolute Gasteiger partial charge is 0.507 e. The summed E-state index contributed by atoms with van der Waals surface area (Å²) >= 11 is 0. The molecule has 0 bridgehead atoms. The van der Waals surface area contributed by atoms with E-state index >= 15 is 0 Å². The van der Waals surface area contributed by atoms with Crippen LogP contribution >= 0.6 is 0 Å². The van der Waals surface area contributed by atoms with Crippen LogP contribution in [-0.2, 0) is 31.8 Å². The predicted molar refractivity (Wildman–Crippen MR) is 103 cm³/mol. The molecule has 0 saturated heterocycles. The number of ether oxygens (including phenoxy) is 1. The van der Waals surface area contributed by atoms with Crippen molar-refractivity contribution in [1.29, 1.82) is 0 Å². The number of phenolic OH excluding ortho intramolecular Hbond substituents is 1. The van der Waals surface area contributed by atoms with E-state index < -0.39 is 5.97 Å². The van der Waals surface area contributed by atoms with Crippen molar-refractivity contribution in [2.75, 3.05) is 14.1 Å². The van der Waals surface area contributed by atoms with E-state index in [1.165, 1.54) is 11.0 Å². The number of amides is 1. The van der Waals surface area contributed by atoms with Crippen molar-refractivity contribution in [2.45, 2.75) is 59.0 Å². The van der Waals surface area contributed by atoms with E-state index in [0.717, 1.165) is 22.8 Å². The lowest BCUT2D eigenvalue weighted by Gasteiger charge is -2.28. The van der Waals surface area contributed by atoms with Gasteiger partial charge < -0.3 is 14.7 Å². The molecule has 5 nitrogen and oxygen atoms in total. The maximum atomic E-state index is 11.8. The maximum Gasteiger partial charge on any atom is 0.331 e. The Morgan fingerprint density at radius 3 is 1.85 bits per heavy atom. The van der Waals surface area contributed by atoms with E-state index in [4.69, 9.17) is 4.74 Å². The zero-order chi connectivity index (χ0) is 20.3. The van der Waals surface area contributed by atoms with E-state index in [9.17, 15) is 14.7 Å². The summed E-state index contributed by atoms with van der Waals surface area (Å²) in [4.78, 5) is 24.7. The van der Waals surface area contributed by atoms with Gasteiger partial charge in [-0.1, -0.05) is 41.5 Å². The molecule has 1 aromatic carbocycles. The molecule has 0 aliphatic rings. The number of benzene rings is 1. The van der Waals surface area contributed by atoms with Crippen LogP contribution in [0.5, 0.6) is 5.75 Å². The molecule has 5 heteroatoms. The average Bonchev–Trinajstić information content (AvgIpc) is 2.48. The van der Waals surface area contributed by atoms with Gasteiger partial charge in [-0.25, -0.2) is 4.79 Å². The average molecular weight is 361 g/mol. The maximum absolute atomic E-state index is 11.8. The number of nitrogens with zero attached hydrogens (tertiary/aromatic N) is 1. The number of rotatable bonds is 4. The van der Waals surface area contributed by atoms with Crippen LogP contribution in [0.1, 0.15) is 58.2 Å². The van der Waals surface area contributed by atoms with E-state index in [2.05, 4.69) is 0 Å². The summed E-state index contributed by atoms with van der Waals surface area (Å²) < 4.78 is 5.26. The highest BCUT2D eigenvalue weighted by Crippen LogP contribution is 2.39. The van der Waals surface area contributed by atoms with Gasteiger partial charge in [0.1, 0.15) is 12.4 Å². The fraction of sp³-hybridized carbons (Fsp3) is 0.524. The molecule has 1 rings (SSSR count). The molecule has 0 aliphatic heterocycles. The lowest BCUT2D eigenvalue weighted by atomic mass is 9.78. The first-order chi connectivity index (χ1) is 11.7. The Hall–Kier alpha value is -2.30. The number of carbonyl (C=O) groups is 2. The molecular weight excluding hydrogens is 330 g/mol. The zero-order valence-electron chi connectivity index (χ0n) is 17.1. The molecule has 0 radical (unpaired) electrons. The quantitative estimate of drug-likeness (QED) is 0.656. The minimum atomic E-state index is -0.581. The van der Waals surface area contributed by atoms with E-state index in [1.807, 2.05) is 53.7 Å². The Morgan fingerprint density at radius 2 is 1.46 bits per heavy atom. The van der Waals surface area contributed by atoms with Gasteiger partial charge in [0.2, 0.25) is 5.91 Å². The first kappa shape index (κ1) is 21.7. The summed E-state index contributed by atoms with van der Waals surface area (Å²) in [6.07, 6.45) is 2.30. The van der Waals surface area contributed by atoms with Crippen LogP contribution in [0.2, 0.25) is 0 Å². The van der Waals surface area contributed by atoms with Crippen molar-refractivity contribution in [3.05, 3.63) is 41.0 Å². The van der Waals surface area contributed by atoms with Gasteiger partial charge in [0.05, 0.1) is 0 Å². The molecule has 0 fully saturated rings. The normalized spacial score (nSPS) is 12.3. The molecule has 1 aromatic rings. The second-order valence-corrected chi connectivity index (χ2v) is 8.71. The molecule has 0 aliphatic carbocycles. The second-order valence-electron chi connectivity index (χ2n) is 8.71. The molecule has 26 heavy (non-hydrogen) atoms. The highest BCUT2D eigenvalue weighted by molar-refractivity contribution is 5.94. The minimum Gasteiger partial charge on any atom is -0.507 e. The van der Waals surface area contributed by atoms with Crippen molar-refractivity contribution in [3.63, 3.8) is 0 Å². The molecule has 0 spiro atoms. The van der Waals surface area contributed by atoms with Gasteiger partial charge in [0.15, 0.2) is 0 Å². The summed E-state index contributed by atoms with van der Waals surface area (Å²) in [5.41, 5.74) is 1.94. The van der Waals surface area contributed by atoms with Crippen LogP contribution in [-0.4, -0.2) is 36.0 Å². The van der Waals surface area contributed by atoms with Crippen molar-refractivity contribution in [2.24, 2.45) is 0 Å². The van der Waals surface area contributed by atoms with Gasteiger partial charge in [-0.3, -0.25) is 4.79 Å². The third-order valence-corrected chi connectivity index (χ3v) is 3.97. The highest BCUT2D eigenvalue weighted by atomic mass is 16.5. The molecule has 0 unspecified atom stereocenters. The Labute approximate surface area is 156 Å². The summed E-state index contributed by atoms with van der Waals surface area (Å²) in [6.45, 7) is 12.2. The van der Waals surface area contributed by atoms with Gasteiger partial charge in [-0.05, 0) is 39.7 Å². The number of aromatic hydroxyl groups is 1. The standard InChI is InChI=1S/C21H31NO4/c1-20(2,3)15-11-14(12-16(19(15)25)21(4,5)6)13-26-18(24)10-9-17(23)22(7)8/h9-12,25H,13H2,1-8H3. The first-order valence-corrected chi connectivity index (χ1v) is 8.66. The minimum absolute atomic E-state index is 0.0752. The van der Waals surface area contributed by atoms with Crippen molar-refractivity contribution in [3.8, 4) is 5.75 Å². The van der Waals surface area contributed by atoms with Crippen molar-refractivity contribution < 1.29 is 19.4 Å². The molecule has 0 atom stereocenters. The molecule has 1 amide bonds. The SMILES string of the molecule is CN(C)C(=O)C=CC(=O)OCc1cc(C(C)(C)C)c(O)c(C(C)(C)C)c1.